The zero-order chi connectivity index (χ0) is 14.9. The first kappa shape index (κ1) is 15.2. The van der Waals surface area contributed by atoms with Gasteiger partial charge in [-0.2, -0.15) is 0 Å². The molecule has 0 atom stereocenters. The van der Waals surface area contributed by atoms with Crippen molar-refractivity contribution in [2.24, 2.45) is 0 Å². The quantitative estimate of drug-likeness (QED) is 0.907. The Morgan fingerprint density at radius 3 is 2.40 bits per heavy atom. The SMILES string of the molecule is COc1cc(C)c(C2(C(=O)O)CCCCC2)c(C)c1Cl. The standard InChI is InChI=1S/C16H21ClO3/c1-10-9-12(20-3)14(17)11(2)13(10)16(15(18)19)7-5-4-6-8-16/h9H,4-8H2,1-3H3,(H,18,19). The summed E-state index contributed by atoms with van der Waals surface area (Å²) in [5.74, 6) is -0.119. The second kappa shape index (κ2) is 5.65. The third-order valence-electron chi connectivity index (χ3n) is 4.48. The molecule has 0 amide bonds. The molecule has 0 aliphatic heterocycles. The molecule has 0 unspecified atom stereocenters. The molecule has 0 aromatic heterocycles. The van der Waals surface area contributed by atoms with Crippen LogP contribution in [0.3, 0.4) is 0 Å². The van der Waals surface area contributed by atoms with E-state index in [0.29, 0.717) is 23.6 Å². The molecule has 4 heteroatoms. The zero-order valence-electron chi connectivity index (χ0n) is 12.3. The largest absolute Gasteiger partial charge is 0.495 e. The van der Waals surface area contributed by atoms with Crippen molar-refractivity contribution in [3.8, 4) is 5.75 Å². The highest BCUT2D eigenvalue weighted by atomic mass is 35.5. The van der Waals surface area contributed by atoms with Gasteiger partial charge in [-0.25, -0.2) is 0 Å². The molecule has 1 aromatic carbocycles. The van der Waals surface area contributed by atoms with Gasteiger partial charge in [-0.05, 0) is 49.4 Å². The van der Waals surface area contributed by atoms with Gasteiger partial charge >= 0.3 is 5.97 Å². The van der Waals surface area contributed by atoms with Crippen LogP contribution >= 0.6 is 11.6 Å². The summed E-state index contributed by atoms with van der Waals surface area (Å²) >= 11 is 6.34. The molecule has 2 rings (SSSR count). The van der Waals surface area contributed by atoms with Crippen LogP contribution in [0.15, 0.2) is 6.07 Å². The molecule has 0 spiro atoms. The van der Waals surface area contributed by atoms with E-state index in [-0.39, 0.29) is 0 Å². The summed E-state index contributed by atoms with van der Waals surface area (Å²) in [4.78, 5) is 12.0. The number of carboxylic acids is 1. The molecule has 1 aliphatic rings. The molecule has 1 aromatic rings. The monoisotopic (exact) mass is 296 g/mol. The minimum absolute atomic E-state index is 0.527. The Labute approximate surface area is 124 Å². The summed E-state index contributed by atoms with van der Waals surface area (Å²) in [6.45, 7) is 3.84. The fourth-order valence-electron chi connectivity index (χ4n) is 3.53. The molecule has 110 valence electrons. The number of benzene rings is 1. The summed E-state index contributed by atoms with van der Waals surface area (Å²) in [5, 5.41) is 10.4. The average Bonchev–Trinajstić information content (AvgIpc) is 2.43. The Balaban J connectivity index is 2.66. The van der Waals surface area contributed by atoms with Crippen molar-refractivity contribution in [3.63, 3.8) is 0 Å². The van der Waals surface area contributed by atoms with Gasteiger partial charge in [0.15, 0.2) is 0 Å². The highest BCUT2D eigenvalue weighted by Crippen LogP contribution is 2.46. The van der Waals surface area contributed by atoms with Crippen molar-refractivity contribution in [1.82, 2.24) is 0 Å². The molecule has 1 saturated carbocycles. The fraction of sp³-hybridized carbons (Fsp3) is 0.562. The minimum Gasteiger partial charge on any atom is -0.495 e. The highest BCUT2D eigenvalue weighted by molar-refractivity contribution is 6.33. The number of carboxylic acid groups (broad SMARTS) is 1. The average molecular weight is 297 g/mol. The van der Waals surface area contributed by atoms with Crippen LogP contribution in [0.5, 0.6) is 5.75 Å². The number of hydrogen-bond donors (Lipinski definition) is 1. The third-order valence-corrected chi connectivity index (χ3v) is 4.95. The Morgan fingerprint density at radius 1 is 1.30 bits per heavy atom. The molecule has 3 nitrogen and oxygen atoms in total. The molecular weight excluding hydrogens is 276 g/mol. The normalized spacial score (nSPS) is 17.8. The van der Waals surface area contributed by atoms with Gasteiger partial charge in [-0.1, -0.05) is 30.9 Å². The number of halogens is 1. The van der Waals surface area contributed by atoms with Gasteiger partial charge in [0.2, 0.25) is 0 Å². The van der Waals surface area contributed by atoms with Gasteiger partial charge in [0.1, 0.15) is 5.75 Å². The van der Waals surface area contributed by atoms with Gasteiger partial charge in [-0.3, -0.25) is 4.79 Å². The molecular formula is C16H21ClO3. The van der Waals surface area contributed by atoms with Crippen LogP contribution in [-0.2, 0) is 10.2 Å². The molecule has 0 saturated heterocycles. The van der Waals surface area contributed by atoms with Crippen LogP contribution in [0, 0.1) is 13.8 Å². The summed E-state index contributed by atoms with van der Waals surface area (Å²) in [6, 6.07) is 1.85. The van der Waals surface area contributed by atoms with Crippen LogP contribution in [0.2, 0.25) is 5.02 Å². The van der Waals surface area contributed by atoms with Crippen LogP contribution in [0.4, 0.5) is 0 Å². The zero-order valence-corrected chi connectivity index (χ0v) is 13.0. The second-order valence-electron chi connectivity index (χ2n) is 5.66. The lowest BCUT2D eigenvalue weighted by molar-refractivity contribution is -0.145. The first-order valence-corrected chi connectivity index (χ1v) is 7.39. The number of carbonyl (C=O) groups is 1. The van der Waals surface area contributed by atoms with Crippen LogP contribution in [-0.4, -0.2) is 18.2 Å². The molecule has 0 bridgehead atoms. The van der Waals surface area contributed by atoms with Crippen molar-refractivity contribution in [2.45, 2.75) is 51.4 Å². The van der Waals surface area contributed by atoms with E-state index in [4.69, 9.17) is 16.3 Å². The maximum absolute atomic E-state index is 12.0. The number of hydrogen-bond acceptors (Lipinski definition) is 2. The number of aliphatic carboxylic acids is 1. The lowest BCUT2D eigenvalue weighted by Gasteiger charge is -2.36. The Morgan fingerprint density at radius 2 is 1.90 bits per heavy atom. The van der Waals surface area contributed by atoms with Crippen LogP contribution in [0.1, 0.15) is 48.8 Å². The van der Waals surface area contributed by atoms with E-state index >= 15 is 0 Å². The van der Waals surface area contributed by atoms with Crippen molar-refractivity contribution in [1.29, 1.82) is 0 Å². The number of methoxy groups -OCH3 is 1. The van der Waals surface area contributed by atoms with E-state index in [1.54, 1.807) is 7.11 Å². The van der Waals surface area contributed by atoms with Gasteiger partial charge in [0, 0.05) is 0 Å². The number of rotatable bonds is 3. The molecule has 20 heavy (non-hydrogen) atoms. The van der Waals surface area contributed by atoms with E-state index in [2.05, 4.69) is 0 Å². The first-order chi connectivity index (χ1) is 9.44. The third kappa shape index (κ3) is 2.28. The highest BCUT2D eigenvalue weighted by Gasteiger charge is 2.43. The van der Waals surface area contributed by atoms with E-state index < -0.39 is 11.4 Å². The Bertz CT molecular complexity index is 531. The van der Waals surface area contributed by atoms with Crippen LogP contribution in [0.25, 0.3) is 0 Å². The van der Waals surface area contributed by atoms with Crippen molar-refractivity contribution in [2.75, 3.05) is 7.11 Å². The van der Waals surface area contributed by atoms with Crippen LogP contribution < -0.4 is 4.74 Å². The van der Waals surface area contributed by atoms with Crippen molar-refractivity contribution in [3.05, 3.63) is 27.8 Å². The van der Waals surface area contributed by atoms with Crippen molar-refractivity contribution >= 4 is 17.6 Å². The molecule has 0 heterocycles. The summed E-state index contributed by atoms with van der Waals surface area (Å²) < 4.78 is 5.26. The number of aryl methyl sites for hydroxylation is 1. The second-order valence-corrected chi connectivity index (χ2v) is 6.04. The number of ether oxygens (including phenoxy) is 1. The summed E-state index contributed by atoms with van der Waals surface area (Å²) in [6.07, 6.45) is 4.39. The van der Waals surface area contributed by atoms with E-state index in [1.165, 1.54) is 0 Å². The molecule has 0 radical (unpaired) electrons. The Hall–Kier alpha value is -1.22. The lowest BCUT2D eigenvalue weighted by atomic mass is 9.67. The fourth-order valence-corrected chi connectivity index (χ4v) is 3.76. The first-order valence-electron chi connectivity index (χ1n) is 7.01. The van der Waals surface area contributed by atoms with E-state index in [0.717, 1.165) is 36.0 Å². The van der Waals surface area contributed by atoms with Gasteiger partial charge in [0.25, 0.3) is 0 Å². The predicted molar refractivity (Wildman–Crippen MR) is 79.9 cm³/mol. The van der Waals surface area contributed by atoms with E-state index in [9.17, 15) is 9.90 Å². The minimum atomic E-state index is -0.789. The van der Waals surface area contributed by atoms with E-state index in [1.807, 2.05) is 19.9 Å². The summed E-state index contributed by atoms with van der Waals surface area (Å²) in [5.41, 5.74) is 1.89. The van der Waals surface area contributed by atoms with Gasteiger partial charge in [0.05, 0.1) is 17.5 Å². The van der Waals surface area contributed by atoms with Gasteiger partial charge < -0.3 is 9.84 Å². The smallest absolute Gasteiger partial charge is 0.314 e. The maximum Gasteiger partial charge on any atom is 0.314 e. The van der Waals surface area contributed by atoms with Crippen molar-refractivity contribution < 1.29 is 14.6 Å². The molecule has 1 aliphatic carbocycles. The topological polar surface area (TPSA) is 46.5 Å². The molecule has 1 fully saturated rings. The van der Waals surface area contributed by atoms with Gasteiger partial charge in [-0.15, -0.1) is 0 Å². The molecule has 1 N–H and O–H groups in total. The predicted octanol–water partition coefficient (Wildman–Crippen LogP) is 4.25. The summed E-state index contributed by atoms with van der Waals surface area (Å²) in [7, 11) is 1.58. The Kier molecular flexibility index (Phi) is 4.28. The maximum atomic E-state index is 12.0. The lowest BCUT2D eigenvalue weighted by Crippen LogP contribution is -2.39.